The van der Waals surface area contributed by atoms with Crippen LogP contribution < -0.4 is 15.6 Å². The molecule has 0 saturated heterocycles. The highest BCUT2D eigenvalue weighted by molar-refractivity contribution is 6.02. The van der Waals surface area contributed by atoms with Gasteiger partial charge in [0.25, 0.3) is 5.56 Å². The molecule has 2 aromatic heterocycles. The Bertz CT molecular complexity index is 2230. The van der Waals surface area contributed by atoms with Gasteiger partial charge in [-0.15, -0.1) is 0 Å². The van der Waals surface area contributed by atoms with Crippen molar-refractivity contribution in [2.24, 2.45) is 5.10 Å². The van der Waals surface area contributed by atoms with Crippen LogP contribution in [0.15, 0.2) is 94.8 Å². The number of carbonyl (C=O) groups is 1. The number of carbonyl (C=O) groups excluding carboxylic acids is 1. The van der Waals surface area contributed by atoms with E-state index in [1.165, 1.54) is 16.8 Å². The molecule has 6 rings (SSSR count). The molecule has 0 fully saturated rings. The number of aromatic nitrogens is 3. The summed E-state index contributed by atoms with van der Waals surface area (Å²) in [7, 11) is 0. The monoisotopic (exact) mass is 629 g/mol. The average molecular weight is 630 g/mol. The summed E-state index contributed by atoms with van der Waals surface area (Å²) >= 11 is 0. The maximum atomic E-state index is 14.0. The average Bonchev–Trinajstić information content (AvgIpc) is 3.30. The molecule has 0 spiro atoms. The van der Waals surface area contributed by atoms with Gasteiger partial charge < -0.3 is 14.6 Å². The third-order valence-corrected chi connectivity index (χ3v) is 8.27. The van der Waals surface area contributed by atoms with Gasteiger partial charge in [0.2, 0.25) is 5.91 Å². The van der Waals surface area contributed by atoms with Crippen LogP contribution >= 0.6 is 0 Å². The highest BCUT2D eigenvalue weighted by Gasteiger charge is 2.20. The van der Waals surface area contributed by atoms with Crippen LogP contribution in [0.3, 0.4) is 0 Å². The third kappa shape index (κ3) is 6.16. The number of nitrogens with zero attached hydrogens (tertiary/aromatic N) is 4. The first-order valence-electron chi connectivity index (χ1n) is 15.6. The van der Waals surface area contributed by atoms with Crippen molar-refractivity contribution in [3.63, 3.8) is 0 Å². The van der Waals surface area contributed by atoms with Crippen molar-refractivity contribution in [3.05, 3.63) is 123 Å². The van der Waals surface area contributed by atoms with Crippen molar-refractivity contribution in [1.29, 1.82) is 0 Å². The van der Waals surface area contributed by atoms with Gasteiger partial charge in [-0.2, -0.15) is 9.78 Å². The predicted octanol–water partition coefficient (Wildman–Crippen LogP) is 7.82. The largest absolute Gasteiger partial charge is 0.494 e. The number of rotatable bonds is 9. The van der Waals surface area contributed by atoms with Gasteiger partial charge in [-0.1, -0.05) is 50.2 Å². The minimum absolute atomic E-state index is 0.00276. The second kappa shape index (κ2) is 13.0. The Labute approximate surface area is 272 Å². The first kappa shape index (κ1) is 31.4. The molecule has 0 aliphatic carbocycles. The summed E-state index contributed by atoms with van der Waals surface area (Å²) in [4.78, 5) is 32.1. The highest BCUT2D eigenvalue weighted by atomic mass is 19.1. The lowest BCUT2D eigenvalue weighted by Gasteiger charge is -2.18. The summed E-state index contributed by atoms with van der Waals surface area (Å²) in [5.41, 5.74) is 5.74. The van der Waals surface area contributed by atoms with E-state index in [0.29, 0.717) is 29.0 Å². The number of anilines is 1. The first-order valence-corrected chi connectivity index (χ1v) is 15.6. The van der Waals surface area contributed by atoms with E-state index >= 15 is 0 Å². The van der Waals surface area contributed by atoms with Crippen LogP contribution in [0.25, 0.3) is 33.2 Å². The number of hydrogen-bond donors (Lipinski definition) is 1. The topological polar surface area (TPSA) is 90.5 Å². The van der Waals surface area contributed by atoms with Gasteiger partial charge in [0.1, 0.15) is 18.1 Å². The number of fused-ring (bicyclic) bond motifs is 2. The van der Waals surface area contributed by atoms with Gasteiger partial charge in [-0.05, 0) is 86.3 Å². The number of ether oxygens (including phenoxy) is 1. The highest BCUT2D eigenvalue weighted by Crippen LogP contribution is 2.34. The van der Waals surface area contributed by atoms with Gasteiger partial charge in [-0.25, -0.2) is 9.37 Å². The van der Waals surface area contributed by atoms with Crippen LogP contribution in [0.2, 0.25) is 0 Å². The van der Waals surface area contributed by atoms with Crippen LogP contribution in [-0.4, -0.2) is 33.0 Å². The molecular formula is C38H36FN5O3. The summed E-state index contributed by atoms with van der Waals surface area (Å²) in [6, 6.07) is 24.8. The fraction of sp³-hybridized carbons (Fsp3) is 0.211. The second-order valence-electron chi connectivity index (χ2n) is 11.8. The molecule has 4 aromatic carbocycles. The van der Waals surface area contributed by atoms with Gasteiger partial charge in [0, 0.05) is 33.4 Å². The van der Waals surface area contributed by atoms with E-state index in [1.807, 2.05) is 79.9 Å². The zero-order valence-electron chi connectivity index (χ0n) is 27.0. The van der Waals surface area contributed by atoms with Gasteiger partial charge in [0.05, 0.1) is 23.7 Å². The van der Waals surface area contributed by atoms with Crippen LogP contribution in [0.4, 0.5) is 10.1 Å². The lowest BCUT2D eigenvalue weighted by atomic mass is 9.96. The van der Waals surface area contributed by atoms with E-state index < -0.39 is 5.82 Å². The molecule has 0 aliphatic heterocycles. The Morgan fingerprint density at radius 1 is 1.00 bits per heavy atom. The fourth-order valence-corrected chi connectivity index (χ4v) is 5.93. The van der Waals surface area contributed by atoms with E-state index in [2.05, 4.69) is 19.2 Å². The minimum Gasteiger partial charge on any atom is -0.494 e. The second-order valence-corrected chi connectivity index (χ2v) is 11.8. The molecule has 0 radical (unpaired) electrons. The smallest absolute Gasteiger partial charge is 0.282 e. The number of nitrogens with one attached hydrogen (secondary N) is 1. The molecule has 1 N–H and O–H groups in total. The van der Waals surface area contributed by atoms with Gasteiger partial charge >= 0.3 is 0 Å². The van der Waals surface area contributed by atoms with Crippen molar-refractivity contribution in [1.82, 2.24) is 14.2 Å². The number of halogens is 1. The third-order valence-electron chi connectivity index (χ3n) is 8.27. The summed E-state index contributed by atoms with van der Waals surface area (Å²) in [5, 5.41) is 8.88. The SMILES string of the molecule is CCOc1cc(C)c(-c2nc3ccccc3c(=O)n2N=Cc2c(C)n(CC(=O)Nc3cccc(F)c3)c3ccccc23)cc1C(C)C. The minimum atomic E-state index is -0.428. The zero-order chi connectivity index (χ0) is 33.2. The van der Waals surface area contributed by atoms with Crippen LogP contribution in [0.5, 0.6) is 5.75 Å². The van der Waals surface area contributed by atoms with Crippen molar-refractivity contribution in [3.8, 4) is 17.1 Å². The molecule has 0 unspecified atom stereocenters. The van der Waals surface area contributed by atoms with E-state index in [9.17, 15) is 14.0 Å². The number of aryl methyl sites for hydroxylation is 1. The number of benzene rings is 4. The van der Waals surface area contributed by atoms with Crippen molar-refractivity contribution < 1.29 is 13.9 Å². The lowest BCUT2D eigenvalue weighted by Crippen LogP contribution is -2.21. The molecule has 8 nitrogen and oxygen atoms in total. The first-order chi connectivity index (χ1) is 22.7. The van der Waals surface area contributed by atoms with E-state index in [4.69, 9.17) is 14.8 Å². The standard InChI is InChI=1S/C38H36FN5O3/c1-6-47-35-18-24(4)31(20-30(35)23(2)3)37-42-33-16-9-7-15-29(33)38(46)44(37)40-21-32-25(5)43(34-17-10-8-14-28(32)34)22-36(45)41-27-13-11-12-26(39)19-27/h7-21,23H,6,22H2,1-5H3,(H,41,45). The number of amides is 1. The molecule has 6 aromatic rings. The molecule has 1 amide bonds. The normalized spacial score (nSPS) is 11.6. The van der Waals surface area contributed by atoms with Crippen LogP contribution in [-0.2, 0) is 11.3 Å². The van der Waals surface area contributed by atoms with Gasteiger partial charge in [-0.3, -0.25) is 9.59 Å². The number of para-hydroxylation sites is 2. The maximum absolute atomic E-state index is 14.0. The Balaban J connectivity index is 1.47. The Morgan fingerprint density at radius 3 is 2.49 bits per heavy atom. The van der Waals surface area contributed by atoms with Crippen molar-refractivity contribution in [2.75, 3.05) is 11.9 Å². The van der Waals surface area contributed by atoms with Crippen molar-refractivity contribution >= 4 is 39.6 Å². The molecule has 47 heavy (non-hydrogen) atoms. The molecule has 0 saturated carbocycles. The van der Waals surface area contributed by atoms with E-state index in [-0.39, 0.29) is 23.9 Å². The van der Waals surface area contributed by atoms with Crippen LogP contribution in [0, 0.1) is 19.7 Å². The quantitative estimate of drug-likeness (QED) is 0.165. The fourth-order valence-electron chi connectivity index (χ4n) is 5.93. The molecular weight excluding hydrogens is 593 g/mol. The molecule has 238 valence electrons. The van der Waals surface area contributed by atoms with Crippen LogP contribution in [0.1, 0.15) is 49.1 Å². The summed E-state index contributed by atoms with van der Waals surface area (Å²) < 4.78 is 22.9. The lowest BCUT2D eigenvalue weighted by molar-refractivity contribution is -0.116. The Kier molecular flexibility index (Phi) is 8.72. The van der Waals surface area contributed by atoms with E-state index in [0.717, 1.165) is 44.6 Å². The molecule has 0 bridgehead atoms. The molecule has 0 aliphatic rings. The Hall–Kier alpha value is -5.57. The predicted molar refractivity (Wildman–Crippen MR) is 186 cm³/mol. The summed E-state index contributed by atoms with van der Waals surface area (Å²) in [5.74, 6) is 0.677. The van der Waals surface area contributed by atoms with E-state index in [1.54, 1.807) is 24.4 Å². The zero-order valence-corrected chi connectivity index (χ0v) is 27.0. The Morgan fingerprint density at radius 2 is 1.74 bits per heavy atom. The summed E-state index contributed by atoms with van der Waals surface area (Å²) in [6.45, 7) is 10.6. The molecule has 9 heteroatoms. The maximum Gasteiger partial charge on any atom is 0.282 e. The molecule has 2 heterocycles. The summed E-state index contributed by atoms with van der Waals surface area (Å²) in [6.07, 6.45) is 1.66. The number of hydrogen-bond acceptors (Lipinski definition) is 5. The van der Waals surface area contributed by atoms with Gasteiger partial charge in [0.15, 0.2) is 5.82 Å². The van der Waals surface area contributed by atoms with Crippen molar-refractivity contribution in [2.45, 2.75) is 47.1 Å². The molecule has 0 atom stereocenters.